The molecule has 6 unspecified atom stereocenters. The molecule has 222 valence electrons. The van der Waals surface area contributed by atoms with E-state index in [9.17, 15) is 23.2 Å². The van der Waals surface area contributed by atoms with E-state index in [0.29, 0.717) is 17.3 Å². The molecular formula is C23H33ClN5O9PS. The van der Waals surface area contributed by atoms with Crippen LogP contribution in [0.5, 0.6) is 0 Å². The number of aliphatic hydroxyl groups excluding tert-OH is 2. The van der Waals surface area contributed by atoms with Gasteiger partial charge in [-0.3, -0.25) is 13.3 Å². The zero-order chi connectivity index (χ0) is 28.9. The van der Waals surface area contributed by atoms with Crippen LogP contribution in [-0.2, 0) is 23.6 Å². The van der Waals surface area contributed by atoms with Gasteiger partial charge in [-0.05, 0) is 66.9 Å². The van der Waals surface area contributed by atoms with Crippen LogP contribution in [0.25, 0.3) is 11.2 Å². The van der Waals surface area contributed by atoms with Crippen LogP contribution < -0.4 is 5.32 Å². The first-order valence-electron chi connectivity index (χ1n) is 13.1. The molecule has 3 heterocycles. The summed E-state index contributed by atoms with van der Waals surface area (Å²) in [5.74, 6) is 1.11. The minimum atomic E-state index is -4.90. The predicted molar refractivity (Wildman–Crippen MR) is 142 cm³/mol. The Kier molecular flexibility index (Phi) is 6.66. The minimum Gasteiger partial charge on any atom is -0.387 e. The van der Waals surface area contributed by atoms with Crippen molar-refractivity contribution in [1.29, 1.82) is 0 Å². The number of ether oxygens (including phenoxy) is 1. The van der Waals surface area contributed by atoms with Gasteiger partial charge in [0.15, 0.2) is 28.7 Å². The van der Waals surface area contributed by atoms with Crippen LogP contribution in [0.2, 0.25) is 5.28 Å². The normalized spacial score (nSPS) is 39.3. The Morgan fingerprint density at radius 1 is 1.15 bits per heavy atom. The molecule has 4 aliphatic carbocycles. The van der Waals surface area contributed by atoms with Crippen molar-refractivity contribution >= 4 is 46.3 Å². The molecule has 2 aromatic rings. The summed E-state index contributed by atoms with van der Waals surface area (Å²) in [4.78, 5) is 31.1. The number of hydrogen-bond acceptors (Lipinski definition) is 11. The van der Waals surface area contributed by atoms with Gasteiger partial charge in [-0.2, -0.15) is 18.4 Å². The van der Waals surface area contributed by atoms with Gasteiger partial charge in [0, 0.05) is 5.54 Å². The van der Waals surface area contributed by atoms with Crippen LogP contribution in [0.15, 0.2) is 6.33 Å². The van der Waals surface area contributed by atoms with Crippen LogP contribution in [-0.4, -0.2) is 83.9 Å². The number of nitrogens with zero attached hydrogens (tertiary/aromatic N) is 4. The van der Waals surface area contributed by atoms with Crippen molar-refractivity contribution in [3.8, 4) is 0 Å². The lowest BCUT2D eigenvalue weighted by molar-refractivity contribution is -0.0973. The van der Waals surface area contributed by atoms with Crippen molar-refractivity contribution in [3.05, 3.63) is 11.6 Å². The van der Waals surface area contributed by atoms with Crippen LogP contribution in [0.4, 0.5) is 5.82 Å². The summed E-state index contributed by atoms with van der Waals surface area (Å²) in [5.41, 5.74) is -0.514. The summed E-state index contributed by atoms with van der Waals surface area (Å²) in [5, 5.41) is 24.9. The molecule has 5 fully saturated rings. The Morgan fingerprint density at radius 2 is 1.82 bits per heavy atom. The topological polar surface area (TPSA) is 206 Å². The van der Waals surface area contributed by atoms with E-state index < -0.39 is 54.4 Å². The first-order chi connectivity index (χ1) is 18.5. The van der Waals surface area contributed by atoms with E-state index in [4.69, 9.17) is 26.1 Å². The van der Waals surface area contributed by atoms with Crippen molar-refractivity contribution in [2.75, 3.05) is 17.4 Å². The second-order valence-corrected chi connectivity index (χ2v) is 16.9. The average molecular weight is 622 g/mol. The molecule has 40 heavy (non-hydrogen) atoms. The van der Waals surface area contributed by atoms with E-state index in [1.165, 1.54) is 30.2 Å². The van der Waals surface area contributed by atoms with Crippen LogP contribution >= 0.6 is 19.2 Å². The Morgan fingerprint density at radius 3 is 2.45 bits per heavy atom. The van der Waals surface area contributed by atoms with E-state index in [-0.39, 0.29) is 27.3 Å². The van der Waals surface area contributed by atoms with Gasteiger partial charge < -0.3 is 30.1 Å². The molecule has 0 radical (unpaired) electrons. The molecule has 17 heteroatoms. The van der Waals surface area contributed by atoms with Crippen molar-refractivity contribution in [2.45, 2.75) is 82.5 Å². The number of fused-ring (bicyclic) bond motifs is 1. The van der Waals surface area contributed by atoms with Gasteiger partial charge in [0.05, 0.1) is 12.9 Å². The van der Waals surface area contributed by atoms with Crippen molar-refractivity contribution in [3.63, 3.8) is 0 Å². The van der Waals surface area contributed by atoms with E-state index in [1.54, 1.807) is 0 Å². The summed E-state index contributed by atoms with van der Waals surface area (Å²) >= 11 is 6.34. The van der Waals surface area contributed by atoms with Gasteiger partial charge in [-0.15, -0.1) is 0 Å². The average Bonchev–Trinajstić information content (AvgIpc) is 3.29. The predicted octanol–water partition coefficient (Wildman–Crippen LogP) is 1.74. The molecule has 7 rings (SSSR count). The third kappa shape index (κ3) is 5.29. The van der Waals surface area contributed by atoms with Crippen molar-refractivity contribution in [2.24, 2.45) is 16.7 Å². The quantitative estimate of drug-likeness (QED) is 0.162. The fraction of sp³-hybridized carbons (Fsp3) is 0.783. The second kappa shape index (κ2) is 9.29. The molecule has 1 saturated heterocycles. The van der Waals surface area contributed by atoms with Gasteiger partial charge in [-0.25, -0.2) is 4.98 Å². The standard InChI is InChI=1S/C23H33ClN5O9PS/c1-21-3-12-4-22(2,7-21)9-23(5-12,8-21)28-17-14-18(27-20(24)26-17)29(10-25-14)19-16(31)15(30)13(38-19)6-37-40(35,36)11-39(32,33)34/h10,12-13,15-16,19,30-31H,3-9,11H2,1-2H3,(H,26,27,28)(H2,32,33,34)/t12?,13?,15?,16?,19?,21-,22+,23?. The van der Waals surface area contributed by atoms with Gasteiger partial charge in [0.25, 0.3) is 10.1 Å². The van der Waals surface area contributed by atoms with Gasteiger partial charge in [0.1, 0.15) is 18.3 Å². The fourth-order valence-corrected chi connectivity index (χ4v) is 11.0. The van der Waals surface area contributed by atoms with E-state index in [1.807, 2.05) is 0 Å². The summed E-state index contributed by atoms with van der Waals surface area (Å²) in [7, 11) is -9.52. The van der Waals surface area contributed by atoms with Crippen molar-refractivity contribution < 1.29 is 41.9 Å². The number of aromatic nitrogens is 4. The first-order valence-corrected chi connectivity index (χ1v) is 16.8. The molecule has 8 atom stereocenters. The Hall–Kier alpha value is -1.42. The lowest BCUT2D eigenvalue weighted by atomic mass is 9.43. The monoisotopic (exact) mass is 621 g/mol. The molecule has 0 spiro atoms. The highest BCUT2D eigenvalue weighted by molar-refractivity contribution is 7.93. The highest BCUT2D eigenvalue weighted by atomic mass is 35.5. The maximum Gasteiger partial charge on any atom is 0.343 e. The molecule has 1 aliphatic heterocycles. The number of rotatable bonds is 8. The molecule has 5 N–H and O–H groups in total. The minimum absolute atomic E-state index is 0.0460. The van der Waals surface area contributed by atoms with Crippen LogP contribution in [0.1, 0.15) is 58.6 Å². The summed E-state index contributed by atoms with van der Waals surface area (Å²) in [6, 6.07) is 0. The molecule has 0 amide bonds. The zero-order valence-corrected chi connectivity index (χ0v) is 24.4. The number of hydrogen-bond donors (Lipinski definition) is 5. The maximum atomic E-state index is 11.9. The summed E-state index contributed by atoms with van der Waals surface area (Å²) in [6.07, 6.45) is 2.44. The number of imidazole rings is 1. The molecule has 5 aliphatic rings. The summed E-state index contributed by atoms with van der Waals surface area (Å²) < 4.78 is 46.6. The highest BCUT2D eigenvalue weighted by Crippen LogP contribution is 2.67. The zero-order valence-electron chi connectivity index (χ0n) is 22.0. The number of aliphatic hydroxyl groups is 2. The van der Waals surface area contributed by atoms with Crippen LogP contribution in [0.3, 0.4) is 0 Å². The lowest BCUT2D eigenvalue weighted by Gasteiger charge is -2.65. The van der Waals surface area contributed by atoms with Crippen LogP contribution in [0, 0.1) is 16.7 Å². The van der Waals surface area contributed by atoms with Gasteiger partial charge >= 0.3 is 7.60 Å². The molecule has 4 bridgehead atoms. The first kappa shape index (κ1) is 28.7. The Balaban J connectivity index is 1.25. The number of anilines is 1. The van der Waals surface area contributed by atoms with E-state index in [0.717, 1.165) is 19.3 Å². The third-order valence-electron chi connectivity index (χ3n) is 8.75. The Bertz CT molecular complexity index is 1480. The second-order valence-electron chi connectivity index (χ2n) is 12.9. The van der Waals surface area contributed by atoms with E-state index >= 15 is 0 Å². The highest BCUT2D eigenvalue weighted by Gasteiger charge is 2.60. The fourth-order valence-electron chi connectivity index (χ4n) is 8.51. The Labute approximate surface area is 235 Å². The molecule has 14 nitrogen and oxygen atoms in total. The number of halogens is 1. The molecule has 4 saturated carbocycles. The largest absolute Gasteiger partial charge is 0.387 e. The lowest BCUT2D eigenvalue weighted by Crippen LogP contribution is -2.61. The summed E-state index contributed by atoms with van der Waals surface area (Å²) in [6.45, 7) is 3.96. The molecule has 2 aromatic heterocycles. The van der Waals surface area contributed by atoms with Gasteiger partial charge in [-0.1, -0.05) is 13.8 Å². The maximum absolute atomic E-state index is 11.9. The molecular weight excluding hydrogens is 589 g/mol. The third-order valence-corrected chi connectivity index (χ3v) is 12.0. The van der Waals surface area contributed by atoms with E-state index in [2.05, 4.69) is 38.3 Å². The van der Waals surface area contributed by atoms with Gasteiger partial charge in [0.2, 0.25) is 5.28 Å². The smallest absolute Gasteiger partial charge is 0.343 e. The number of nitrogens with one attached hydrogen (secondary N) is 1. The SMILES string of the molecule is C[C@]12CC3CC(Nc4nc(Cl)nc5c4ncn5C4OC(COS(=O)(=O)CP(=O)(O)O)C(O)C4O)(C1)C[C@@](C)(C3)C2. The molecule has 0 aromatic carbocycles. The van der Waals surface area contributed by atoms with Crippen molar-refractivity contribution in [1.82, 2.24) is 19.5 Å².